The number of aromatic nitrogens is 3. The van der Waals surface area contributed by atoms with Crippen molar-refractivity contribution in [1.82, 2.24) is 19.9 Å². The number of nitrogens with zero attached hydrogens (tertiary/aromatic N) is 4. The fourth-order valence-corrected chi connectivity index (χ4v) is 2.77. The maximum atomic E-state index is 12.6. The van der Waals surface area contributed by atoms with E-state index in [0.717, 1.165) is 11.3 Å². The van der Waals surface area contributed by atoms with E-state index in [0.29, 0.717) is 35.9 Å². The fourth-order valence-electron chi connectivity index (χ4n) is 2.46. The van der Waals surface area contributed by atoms with Crippen LogP contribution in [-0.4, -0.2) is 37.5 Å². The molecule has 1 aromatic carbocycles. The lowest BCUT2D eigenvalue weighted by atomic mass is 10.1. The highest BCUT2D eigenvalue weighted by atomic mass is 35.5. The number of halogens is 1. The van der Waals surface area contributed by atoms with Crippen molar-refractivity contribution in [2.75, 3.05) is 6.54 Å². The Morgan fingerprint density at radius 3 is 2.95 bits per heavy atom. The van der Waals surface area contributed by atoms with Crippen molar-refractivity contribution in [1.29, 1.82) is 0 Å². The molecule has 6 nitrogen and oxygen atoms in total. The SMILES string of the molecule is Cc1ccc(C(=O)N2CCn3nnc(CO)c3C2)c(Cl)c1. The van der Waals surface area contributed by atoms with Crippen molar-refractivity contribution < 1.29 is 9.90 Å². The van der Waals surface area contributed by atoms with Crippen LogP contribution >= 0.6 is 11.6 Å². The number of aliphatic hydroxyl groups excluding tert-OH is 1. The van der Waals surface area contributed by atoms with Gasteiger partial charge in [0.2, 0.25) is 0 Å². The summed E-state index contributed by atoms with van der Waals surface area (Å²) in [7, 11) is 0. The second-order valence-electron chi connectivity index (χ2n) is 5.07. The average molecular weight is 307 g/mol. The molecule has 0 saturated carbocycles. The molecule has 2 heterocycles. The van der Waals surface area contributed by atoms with Gasteiger partial charge in [0.05, 0.1) is 36.0 Å². The lowest BCUT2D eigenvalue weighted by molar-refractivity contribution is 0.0704. The van der Waals surface area contributed by atoms with E-state index in [1.54, 1.807) is 21.7 Å². The molecule has 1 aromatic heterocycles. The Morgan fingerprint density at radius 1 is 1.43 bits per heavy atom. The molecule has 0 aliphatic carbocycles. The Morgan fingerprint density at radius 2 is 2.24 bits per heavy atom. The van der Waals surface area contributed by atoms with Crippen LogP contribution in [0, 0.1) is 6.92 Å². The molecule has 3 rings (SSSR count). The van der Waals surface area contributed by atoms with Gasteiger partial charge in [0, 0.05) is 6.54 Å². The number of carbonyl (C=O) groups is 1. The third kappa shape index (κ3) is 2.52. The number of amides is 1. The third-order valence-corrected chi connectivity index (χ3v) is 3.95. The topological polar surface area (TPSA) is 71.2 Å². The molecule has 21 heavy (non-hydrogen) atoms. The van der Waals surface area contributed by atoms with Crippen LogP contribution in [0.4, 0.5) is 0 Å². The smallest absolute Gasteiger partial charge is 0.255 e. The molecule has 1 aliphatic heterocycles. The van der Waals surface area contributed by atoms with Crippen LogP contribution in [0.5, 0.6) is 0 Å². The minimum Gasteiger partial charge on any atom is -0.390 e. The van der Waals surface area contributed by atoms with E-state index >= 15 is 0 Å². The molecular weight excluding hydrogens is 292 g/mol. The highest BCUT2D eigenvalue weighted by molar-refractivity contribution is 6.33. The third-order valence-electron chi connectivity index (χ3n) is 3.63. The number of rotatable bonds is 2. The second-order valence-corrected chi connectivity index (χ2v) is 5.48. The Balaban J connectivity index is 1.86. The lowest BCUT2D eigenvalue weighted by Gasteiger charge is -2.28. The first-order chi connectivity index (χ1) is 10.1. The highest BCUT2D eigenvalue weighted by Gasteiger charge is 2.26. The van der Waals surface area contributed by atoms with Crippen LogP contribution in [-0.2, 0) is 19.7 Å². The maximum Gasteiger partial charge on any atom is 0.255 e. The van der Waals surface area contributed by atoms with Crippen molar-refractivity contribution in [3.63, 3.8) is 0 Å². The molecule has 0 bridgehead atoms. The van der Waals surface area contributed by atoms with E-state index in [9.17, 15) is 9.90 Å². The van der Waals surface area contributed by atoms with Gasteiger partial charge in [-0.05, 0) is 24.6 Å². The average Bonchev–Trinajstić information content (AvgIpc) is 2.88. The van der Waals surface area contributed by atoms with Gasteiger partial charge in [0.25, 0.3) is 5.91 Å². The summed E-state index contributed by atoms with van der Waals surface area (Å²) in [6.07, 6.45) is 0. The zero-order valence-electron chi connectivity index (χ0n) is 11.6. The van der Waals surface area contributed by atoms with Crippen molar-refractivity contribution in [2.45, 2.75) is 26.6 Å². The van der Waals surface area contributed by atoms with Crippen LogP contribution in [0.3, 0.4) is 0 Å². The van der Waals surface area contributed by atoms with Gasteiger partial charge < -0.3 is 10.0 Å². The van der Waals surface area contributed by atoms with Crippen molar-refractivity contribution in [2.24, 2.45) is 0 Å². The summed E-state index contributed by atoms with van der Waals surface area (Å²) in [5.41, 5.74) is 2.80. The normalized spacial score (nSPS) is 14.1. The van der Waals surface area contributed by atoms with E-state index in [2.05, 4.69) is 10.3 Å². The summed E-state index contributed by atoms with van der Waals surface area (Å²) < 4.78 is 1.73. The van der Waals surface area contributed by atoms with Gasteiger partial charge in [-0.25, -0.2) is 4.68 Å². The molecule has 1 amide bonds. The fraction of sp³-hybridized carbons (Fsp3) is 0.357. The molecule has 0 radical (unpaired) electrons. The molecule has 2 aromatic rings. The molecule has 0 atom stereocenters. The van der Waals surface area contributed by atoms with Crippen molar-refractivity contribution >= 4 is 17.5 Å². The zero-order chi connectivity index (χ0) is 15.0. The Bertz CT molecular complexity index is 685. The molecule has 0 spiro atoms. The van der Waals surface area contributed by atoms with Crippen molar-refractivity contribution in [3.8, 4) is 0 Å². The molecule has 0 saturated heterocycles. The van der Waals surface area contributed by atoms with Crippen molar-refractivity contribution in [3.05, 3.63) is 45.7 Å². The minimum absolute atomic E-state index is 0.115. The van der Waals surface area contributed by atoms with E-state index in [-0.39, 0.29) is 12.5 Å². The van der Waals surface area contributed by atoms with Crippen LogP contribution in [0.25, 0.3) is 0 Å². The summed E-state index contributed by atoms with van der Waals surface area (Å²) in [5, 5.41) is 17.6. The van der Waals surface area contributed by atoms with Crippen LogP contribution in [0.1, 0.15) is 27.3 Å². The predicted molar refractivity (Wildman–Crippen MR) is 76.9 cm³/mol. The lowest BCUT2D eigenvalue weighted by Crippen LogP contribution is -2.38. The van der Waals surface area contributed by atoms with E-state index in [1.807, 2.05) is 13.0 Å². The quantitative estimate of drug-likeness (QED) is 0.910. The van der Waals surface area contributed by atoms with Crippen LogP contribution in [0.2, 0.25) is 5.02 Å². The zero-order valence-corrected chi connectivity index (χ0v) is 12.3. The first-order valence-corrected chi connectivity index (χ1v) is 7.05. The van der Waals surface area contributed by atoms with Crippen LogP contribution < -0.4 is 0 Å². The summed E-state index contributed by atoms with van der Waals surface area (Å²) in [4.78, 5) is 14.3. The number of aliphatic hydroxyl groups is 1. The van der Waals surface area contributed by atoms with E-state index in [1.165, 1.54) is 0 Å². The maximum absolute atomic E-state index is 12.6. The van der Waals surface area contributed by atoms with E-state index < -0.39 is 0 Å². The Hall–Kier alpha value is -1.92. The largest absolute Gasteiger partial charge is 0.390 e. The van der Waals surface area contributed by atoms with Gasteiger partial charge in [0.15, 0.2) is 0 Å². The summed E-state index contributed by atoms with van der Waals surface area (Å²) in [5.74, 6) is -0.115. The monoisotopic (exact) mass is 306 g/mol. The van der Waals surface area contributed by atoms with Gasteiger partial charge in [-0.1, -0.05) is 22.9 Å². The molecule has 1 aliphatic rings. The number of hydrogen-bond donors (Lipinski definition) is 1. The molecule has 1 N–H and O–H groups in total. The number of aryl methyl sites for hydroxylation is 1. The summed E-state index contributed by atoms with van der Waals surface area (Å²) in [6.45, 7) is 3.25. The van der Waals surface area contributed by atoms with Gasteiger partial charge in [-0.15, -0.1) is 5.10 Å². The Labute approximate surface area is 126 Å². The van der Waals surface area contributed by atoms with Gasteiger partial charge >= 0.3 is 0 Å². The summed E-state index contributed by atoms with van der Waals surface area (Å²) >= 11 is 6.16. The molecule has 7 heteroatoms. The van der Waals surface area contributed by atoms with E-state index in [4.69, 9.17) is 11.6 Å². The summed E-state index contributed by atoms with van der Waals surface area (Å²) in [6, 6.07) is 5.40. The van der Waals surface area contributed by atoms with Gasteiger partial charge in [0.1, 0.15) is 5.69 Å². The first kappa shape index (κ1) is 14.0. The highest BCUT2D eigenvalue weighted by Crippen LogP contribution is 2.22. The molecule has 0 fully saturated rings. The number of hydrogen-bond acceptors (Lipinski definition) is 4. The standard InChI is InChI=1S/C14H15ClN4O2/c1-9-2-3-10(11(15)6-9)14(21)18-4-5-19-13(7-18)12(8-20)16-17-19/h2-3,6,20H,4-5,7-8H2,1H3. The minimum atomic E-state index is -0.178. The van der Waals surface area contributed by atoms with Crippen LogP contribution in [0.15, 0.2) is 18.2 Å². The molecular formula is C14H15ClN4O2. The Kier molecular flexibility index (Phi) is 3.65. The first-order valence-electron chi connectivity index (χ1n) is 6.67. The number of fused-ring (bicyclic) bond motifs is 1. The van der Waals surface area contributed by atoms with Gasteiger partial charge in [-0.3, -0.25) is 4.79 Å². The number of carbonyl (C=O) groups excluding carboxylic acids is 1. The second kappa shape index (κ2) is 5.46. The molecule has 0 unspecified atom stereocenters. The van der Waals surface area contributed by atoms with Gasteiger partial charge in [-0.2, -0.15) is 0 Å². The molecule has 110 valence electrons. The number of benzene rings is 1. The predicted octanol–water partition coefficient (Wildman–Crippen LogP) is 1.39.